The maximum atomic E-state index is 12.9. The number of rotatable bonds is 3. The number of likely N-dealkylation sites (tertiary alicyclic amines) is 1. The van der Waals surface area contributed by atoms with E-state index in [0.717, 1.165) is 24.2 Å². The van der Waals surface area contributed by atoms with E-state index in [0.29, 0.717) is 30.1 Å². The SMILES string of the molecule is Cc1cc(-n2c(C)cc(C(=O)N3CCCCC3C(=O)O)c2C)no1. The second kappa shape index (κ2) is 6.14. The molecular weight excluding hydrogens is 310 g/mol. The summed E-state index contributed by atoms with van der Waals surface area (Å²) in [5, 5.41) is 13.4. The molecular formula is C17H21N3O4. The van der Waals surface area contributed by atoms with Gasteiger partial charge in [0.05, 0.1) is 5.56 Å². The molecule has 1 N–H and O–H groups in total. The van der Waals surface area contributed by atoms with Gasteiger partial charge in [-0.05, 0) is 46.1 Å². The monoisotopic (exact) mass is 331 g/mol. The lowest BCUT2D eigenvalue weighted by molar-refractivity contribution is -0.143. The lowest BCUT2D eigenvalue weighted by atomic mass is 10.0. The smallest absolute Gasteiger partial charge is 0.326 e. The fourth-order valence-electron chi connectivity index (χ4n) is 3.38. The number of piperidine rings is 1. The molecule has 0 spiro atoms. The minimum atomic E-state index is -0.941. The van der Waals surface area contributed by atoms with E-state index in [9.17, 15) is 14.7 Å². The molecule has 0 bridgehead atoms. The van der Waals surface area contributed by atoms with Gasteiger partial charge in [-0.1, -0.05) is 5.16 Å². The molecule has 1 unspecified atom stereocenters. The van der Waals surface area contributed by atoms with E-state index in [1.54, 1.807) is 12.1 Å². The maximum absolute atomic E-state index is 12.9. The topological polar surface area (TPSA) is 88.6 Å². The van der Waals surface area contributed by atoms with E-state index in [4.69, 9.17) is 4.52 Å². The molecule has 2 aromatic heterocycles. The van der Waals surface area contributed by atoms with Gasteiger partial charge in [0.1, 0.15) is 11.8 Å². The average molecular weight is 331 g/mol. The van der Waals surface area contributed by atoms with Crippen LogP contribution in [0.15, 0.2) is 16.7 Å². The lowest BCUT2D eigenvalue weighted by Crippen LogP contribution is -2.48. The number of carboxylic acids is 1. The maximum Gasteiger partial charge on any atom is 0.326 e. The first kappa shape index (κ1) is 16.3. The van der Waals surface area contributed by atoms with Crippen LogP contribution in [-0.2, 0) is 4.79 Å². The molecule has 0 radical (unpaired) electrons. The van der Waals surface area contributed by atoms with Crippen molar-refractivity contribution in [3.8, 4) is 5.82 Å². The summed E-state index contributed by atoms with van der Waals surface area (Å²) >= 11 is 0. The molecule has 2 aromatic rings. The molecule has 0 aliphatic carbocycles. The molecule has 3 rings (SSSR count). The number of carbonyl (C=O) groups excluding carboxylic acids is 1. The van der Waals surface area contributed by atoms with Gasteiger partial charge in [0, 0.05) is 24.0 Å². The third-order valence-corrected chi connectivity index (χ3v) is 4.55. The van der Waals surface area contributed by atoms with Gasteiger partial charge < -0.3 is 14.5 Å². The van der Waals surface area contributed by atoms with Crippen molar-refractivity contribution < 1.29 is 19.2 Å². The molecule has 7 nitrogen and oxygen atoms in total. The van der Waals surface area contributed by atoms with Crippen LogP contribution < -0.4 is 0 Å². The number of amides is 1. The Morgan fingerprint density at radius 1 is 1.25 bits per heavy atom. The van der Waals surface area contributed by atoms with Crippen molar-refractivity contribution in [3.05, 3.63) is 34.8 Å². The van der Waals surface area contributed by atoms with Gasteiger partial charge in [-0.3, -0.25) is 9.36 Å². The molecule has 0 saturated carbocycles. The number of aromatic nitrogens is 2. The zero-order valence-corrected chi connectivity index (χ0v) is 14.1. The van der Waals surface area contributed by atoms with E-state index in [1.807, 2.05) is 25.3 Å². The Kier molecular flexibility index (Phi) is 4.17. The minimum absolute atomic E-state index is 0.235. The van der Waals surface area contributed by atoms with Crippen LogP contribution in [0.1, 0.15) is 46.8 Å². The molecule has 1 aliphatic heterocycles. The van der Waals surface area contributed by atoms with E-state index in [1.165, 1.54) is 4.90 Å². The molecule has 24 heavy (non-hydrogen) atoms. The summed E-state index contributed by atoms with van der Waals surface area (Å²) in [5.41, 5.74) is 2.11. The van der Waals surface area contributed by atoms with Crippen LogP contribution in [0.4, 0.5) is 0 Å². The first-order valence-electron chi connectivity index (χ1n) is 8.06. The van der Waals surface area contributed by atoms with Crippen LogP contribution in [0, 0.1) is 20.8 Å². The van der Waals surface area contributed by atoms with E-state index in [-0.39, 0.29) is 5.91 Å². The number of nitrogens with zero attached hydrogens (tertiary/aromatic N) is 3. The number of aryl methyl sites for hydroxylation is 2. The van der Waals surface area contributed by atoms with Gasteiger partial charge in [-0.15, -0.1) is 0 Å². The minimum Gasteiger partial charge on any atom is -0.480 e. The summed E-state index contributed by atoms with van der Waals surface area (Å²) in [6.07, 6.45) is 2.16. The van der Waals surface area contributed by atoms with Crippen LogP contribution >= 0.6 is 0 Å². The first-order valence-corrected chi connectivity index (χ1v) is 8.06. The van der Waals surface area contributed by atoms with Crippen molar-refractivity contribution >= 4 is 11.9 Å². The Labute approximate surface area is 139 Å². The summed E-state index contributed by atoms with van der Waals surface area (Å²) in [7, 11) is 0. The normalized spacial score (nSPS) is 18.0. The van der Waals surface area contributed by atoms with Crippen LogP contribution in [0.25, 0.3) is 5.82 Å². The van der Waals surface area contributed by atoms with E-state index >= 15 is 0 Å². The third-order valence-electron chi connectivity index (χ3n) is 4.55. The van der Waals surface area contributed by atoms with Crippen molar-refractivity contribution in [2.24, 2.45) is 0 Å². The largest absolute Gasteiger partial charge is 0.480 e. The van der Waals surface area contributed by atoms with Gasteiger partial charge in [0.2, 0.25) is 0 Å². The van der Waals surface area contributed by atoms with Crippen LogP contribution in [-0.4, -0.2) is 44.2 Å². The van der Waals surface area contributed by atoms with Crippen molar-refractivity contribution in [3.63, 3.8) is 0 Å². The molecule has 1 atom stereocenters. The Balaban J connectivity index is 1.97. The highest BCUT2D eigenvalue weighted by molar-refractivity contribution is 5.98. The van der Waals surface area contributed by atoms with Crippen LogP contribution in [0.3, 0.4) is 0 Å². The number of carboxylic acid groups (broad SMARTS) is 1. The van der Waals surface area contributed by atoms with Gasteiger partial charge in [0.25, 0.3) is 5.91 Å². The summed E-state index contributed by atoms with van der Waals surface area (Å²) in [6, 6.07) is 2.84. The molecule has 3 heterocycles. The quantitative estimate of drug-likeness (QED) is 0.933. The zero-order chi connectivity index (χ0) is 17.4. The molecule has 1 aliphatic rings. The summed E-state index contributed by atoms with van der Waals surface area (Å²) in [6.45, 7) is 6.01. The molecule has 1 fully saturated rings. The number of hydrogen-bond donors (Lipinski definition) is 1. The number of aliphatic carboxylic acids is 1. The third kappa shape index (κ3) is 2.70. The Bertz CT molecular complexity index is 790. The molecule has 128 valence electrons. The highest BCUT2D eigenvalue weighted by Gasteiger charge is 2.34. The first-order chi connectivity index (χ1) is 11.4. The van der Waals surface area contributed by atoms with Crippen LogP contribution in [0.5, 0.6) is 0 Å². The van der Waals surface area contributed by atoms with Gasteiger partial charge >= 0.3 is 5.97 Å². The highest BCUT2D eigenvalue weighted by Crippen LogP contribution is 2.25. The van der Waals surface area contributed by atoms with E-state index in [2.05, 4.69) is 5.16 Å². The predicted molar refractivity (Wildman–Crippen MR) is 86.4 cm³/mol. The van der Waals surface area contributed by atoms with Gasteiger partial charge in [-0.25, -0.2) is 4.79 Å². The second-order valence-corrected chi connectivity index (χ2v) is 6.26. The van der Waals surface area contributed by atoms with E-state index < -0.39 is 12.0 Å². The summed E-state index contributed by atoms with van der Waals surface area (Å²) < 4.78 is 6.97. The van der Waals surface area contributed by atoms with Crippen LogP contribution in [0.2, 0.25) is 0 Å². The van der Waals surface area contributed by atoms with Crippen molar-refractivity contribution in [1.82, 2.24) is 14.6 Å². The Morgan fingerprint density at radius 3 is 2.62 bits per heavy atom. The summed E-state index contributed by atoms with van der Waals surface area (Å²) in [5.74, 6) is 0.132. The Hall–Kier alpha value is -2.57. The fourth-order valence-corrected chi connectivity index (χ4v) is 3.38. The molecule has 1 amide bonds. The predicted octanol–water partition coefficient (Wildman–Crippen LogP) is 2.47. The fraction of sp³-hybridized carbons (Fsp3) is 0.471. The Morgan fingerprint density at radius 2 is 2.00 bits per heavy atom. The zero-order valence-electron chi connectivity index (χ0n) is 14.1. The van der Waals surface area contributed by atoms with Crippen molar-refractivity contribution in [2.75, 3.05) is 6.54 Å². The standard InChI is InChI=1S/C17H21N3O4/c1-10-8-13(12(3)20(10)15-9-11(2)24-18-15)16(21)19-7-5-4-6-14(19)17(22)23/h8-9,14H,4-7H2,1-3H3,(H,22,23). The van der Waals surface area contributed by atoms with Crippen molar-refractivity contribution in [2.45, 2.75) is 46.1 Å². The lowest BCUT2D eigenvalue weighted by Gasteiger charge is -2.33. The second-order valence-electron chi connectivity index (χ2n) is 6.26. The van der Waals surface area contributed by atoms with Gasteiger partial charge in [-0.2, -0.15) is 0 Å². The molecule has 1 saturated heterocycles. The van der Waals surface area contributed by atoms with Crippen molar-refractivity contribution in [1.29, 1.82) is 0 Å². The number of hydrogen-bond acceptors (Lipinski definition) is 4. The number of carbonyl (C=O) groups is 2. The van der Waals surface area contributed by atoms with Gasteiger partial charge in [0.15, 0.2) is 5.82 Å². The average Bonchev–Trinajstić information content (AvgIpc) is 3.09. The summed E-state index contributed by atoms with van der Waals surface area (Å²) in [4.78, 5) is 25.9. The molecule has 7 heteroatoms. The molecule has 0 aromatic carbocycles. The highest BCUT2D eigenvalue weighted by atomic mass is 16.5.